The summed E-state index contributed by atoms with van der Waals surface area (Å²) in [6, 6.07) is 8.21. The first-order valence-electron chi connectivity index (χ1n) is 9.38. The molecule has 2 aliphatic heterocycles. The van der Waals surface area contributed by atoms with Crippen LogP contribution >= 0.6 is 0 Å². The molecule has 4 rings (SSSR count). The van der Waals surface area contributed by atoms with Gasteiger partial charge in [-0.2, -0.15) is 0 Å². The van der Waals surface area contributed by atoms with E-state index in [2.05, 4.69) is 29.0 Å². The van der Waals surface area contributed by atoms with Crippen LogP contribution in [0.5, 0.6) is 0 Å². The van der Waals surface area contributed by atoms with Crippen molar-refractivity contribution in [3.63, 3.8) is 0 Å². The van der Waals surface area contributed by atoms with Crippen molar-refractivity contribution in [1.82, 2.24) is 9.97 Å². The van der Waals surface area contributed by atoms with Gasteiger partial charge in [-0.15, -0.1) is 0 Å². The first-order chi connectivity index (χ1) is 13.5. The maximum absolute atomic E-state index is 10.6. The first-order valence-corrected chi connectivity index (χ1v) is 9.38. The van der Waals surface area contributed by atoms with Gasteiger partial charge in [-0.05, 0) is 17.5 Å². The van der Waals surface area contributed by atoms with E-state index >= 15 is 0 Å². The van der Waals surface area contributed by atoms with Crippen molar-refractivity contribution >= 4 is 0 Å². The molecule has 1 aromatic heterocycles. The lowest BCUT2D eigenvalue weighted by molar-refractivity contribution is -0.369. The Morgan fingerprint density at radius 3 is 2.50 bits per heavy atom. The van der Waals surface area contributed by atoms with Crippen LogP contribution in [0, 0.1) is 0 Å². The average Bonchev–Trinajstić information content (AvgIpc) is 3.08. The predicted octanol–water partition coefficient (Wildman–Crippen LogP) is -0.213. The molecule has 8 heteroatoms. The van der Waals surface area contributed by atoms with E-state index in [4.69, 9.17) is 9.47 Å². The summed E-state index contributed by atoms with van der Waals surface area (Å²) in [5.74, 6) is -1.77. The minimum absolute atomic E-state index is 0.0475. The van der Waals surface area contributed by atoms with Crippen molar-refractivity contribution in [3.05, 3.63) is 58.7 Å². The van der Waals surface area contributed by atoms with Gasteiger partial charge >= 0.3 is 0 Å². The molecule has 1 saturated heterocycles. The molecule has 0 aliphatic carbocycles. The van der Waals surface area contributed by atoms with Gasteiger partial charge < -0.3 is 29.9 Å². The molecule has 2 aliphatic rings. The summed E-state index contributed by atoms with van der Waals surface area (Å²) in [4.78, 5) is 8.98. The highest BCUT2D eigenvalue weighted by molar-refractivity contribution is 5.29. The molecule has 28 heavy (non-hydrogen) atoms. The van der Waals surface area contributed by atoms with Crippen LogP contribution in [-0.2, 0) is 34.7 Å². The topological polar surface area (TPSA) is 125 Å². The van der Waals surface area contributed by atoms with Crippen molar-refractivity contribution < 1.29 is 29.9 Å². The Labute approximate surface area is 162 Å². The second kappa shape index (κ2) is 7.47. The molecule has 0 amide bonds. The van der Waals surface area contributed by atoms with Crippen LogP contribution in [0.15, 0.2) is 30.5 Å². The second-order valence-corrected chi connectivity index (χ2v) is 7.22. The molecule has 0 saturated carbocycles. The smallest absolute Gasteiger partial charge is 0.244 e. The van der Waals surface area contributed by atoms with Crippen LogP contribution in [0.3, 0.4) is 0 Å². The summed E-state index contributed by atoms with van der Waals surface area (Å²) in [7, 11) is 0. The van der Waals surface area contributed by atoms with Crippen LogP contribution < -0.4 is 0 Å². The fourth-order valence-corrected chi connectivity index (χ4v) is 3.72. The molecular formula is C20H24N2O6. The highest BCUT2D eigenvalue weighted by Gasteiger charge is 2.59. The molecular weight excluding hydrogens is 364 g/mol. The van der Waals surface area contributed by atoms with Crippen LogP contribution in [0.25, 0.3) is 0 Å². The maximum atomic E-state index is 10.6. The van der Waals surface area contributed by atoms with E-state index in [0.29, 0.717) is 17.8 Å². The zero-order valence-electron chi connectivity index (χ0n) is 15.5. The summed E-state index contributed by atoms with van der Waals surface area (Å²) >= 11 is 0. The number of aromatic nitrogens is 2. The molecule has 0 bridgehead atoms. The Hall–Kier alpha value is -1.94. The van der Waals surface area contributed by atoms with Gasteiger partial charge in [-0.3, -0.25) is 4.98 Å². The molecule has 1 fully saturated rings. The van der Waals surface area contributed by atoms with E-state index in [1.54, 1.807) is 6.20 Å². The lowest BCUT2D eigenvalue weighted by Crippen LogP contribution is -2.63. The van der Waals surface area contributed by atoms with Crippen molar-refractivity contribution in [2.45, 2.75) is 56.6 Å². The number of rotatable bonds is 4. The zero-order valence-corrected chi connectivity index (χ0v) is 15.5. The van der Waals surface area contributed by atoms with E-state index in [-0.39, 0.29) is 12.3 Å². The van der Waals surface area contributed by atoms with Gasteiger partial charge in [0.2, 0.25) is 5.79 Å². The standard InChI is InChI=1S/C20H24N2O6/c1-2-11-3-5-12(6-4-11)7-13-8-21-14-10-27-20(18(14)22-13)19(26)17(25)16(24)15(9-23)28-20/h3-6,8,15-17,19,23-26H,2,7,9-10H2,1H3/t15-,16?,17+,19-,20+/m1/s1. The molecule has 8 nitrogen and oxygen atoms in total. The minimum Gasteiger partial charge on any atom is -0.394 e. The number of fused-ring (bicyclic) bond motifs is 2. The van der Waals surface area contributed by atoms with Gasteiger partial charge in [0.15, 0.2) is 0 Å². The van der Waals surface area contributed by atoms with E-state index in [9.17, 15) is 20.4 Å². The molecule has 0 radical (unpaired) electrons. The fourth-order valence-electron chi connectivity index (χ4n) is 3.72. The number of nitrogens with zero attached hydrogens (tertiary/aromatic N) is 2. The molecule has 2 aromatic rings. The number of ether oxygens (including phenoxy) is 2. The quantitative estimate of drug-likeness (QED) is 0.567. The highest BCUT2D eigenvalue weighted by atomic mass is 16.7. The van der Waals surface area contributed by atoms with E-state index in [1.165, 1.54) is 5.56 Å². The Morgan fingerprint density at radius 1 is 1.11 bits per heavy atom. The molecule has 1 spiro atoms. The predicted molar refractivity (Wildman–Crippen MR) is 97.1 cm³/mol. The Bertz CT molecular complexity index is 843. The lowest BCUT2D eigenvalue weighted by Gasteiger charge is -2.45. The van der Waals surface area contributed by atoms with E-state index in [1.807, 2.05) is 12.1 Å². The minimum atomic E-state index is -1.77. The Kier molecular flexibility index (Phi) is 5.17. The van der Waals surface area contributed by atoms with Gasteiger partial charge in [-0.25, -0.2) is 4.98 Å². The van der Waals surface area contributed by atoms with Crippen LogP contribution in [0.1, 0.15) is 35.1 Å². The summed E-state index contributed by atoms with van der Waals surface area (Å²) in [5, 5.41) is 40.3. The number of hydrogen-bond donors (Lipinski definition) is 4. The van der Waals surface area contributed by atoms with Gasteiger partial charge in [0.1, 0.15) is 30.1 Å². The average molecular weight is 388 g/mol. The van der Waals surface area contributed by atoms with Crippen molar-refractivity contribution in [2.75, 3.05) is 6.61 Å². The van der Waals surface area contributed by atoms with Gasteiger partial charge in [0.05, 0.1) is 24.6 Å². The largest absolute Gasteiger partial charge is 0.394 e. The lowest BCUT2D eigenvalue weighted by atomic mass is 9.90. The monoisotopic (exact) mass is 388 g/mol. The van der Waals surface area contributed by atoms with Crippen LogP contribution in [0.4, 0.5) is 0 Å². The van der Waals surface area contributed by atoms with E-state index < -0.39 is 36.8 Å². The van der Waals surface area contributed by atoms with Crippen LogP contribution in [0.2, 0.25) is 0 Å². The molecule has 1 unspecified atom stereocenters. The number of hydrogen-bond acceptors (Lipinski definition) is 8. The van der Waals surface area contributed by atoms with Crippen molar-refractivity contribution in [3.8, 4) is 0 Å². The number of aliphatic hydroxyl groups is 4. The molecule has 3 heterocycles. The first kappa shape index (κ1) is 19.4. The van der Waals surface area contributed by atoms with Gasteiger partial charge in [0.25, 0.3) is 0 Å². The summed E-state index contributed by atoms with van der Waals surface area (Å²) in [5.41, 5.74) is 3.73. The maximum Gasteiger partial charge on any atom is 0.244 e. The Morgan fingerprint density at radius 2 is 1.82 bits per heavy atom. The third-order valence-electron chi connectivity index (χ3n) is 5.42. The third-order valence-corrected chi connectivity index (χ3v) is 5.42. The van der Waals surface area contributed by atoms with E-state index in [0.717, 1.165) is 12.0 Å². The second-order valence-electron chi connectivity index (χ2n) is 7.22. The van der Waals surface area contributed by atoms with Gasteiger partial charge in [0, 0.05) is 12.6 Å². The van der Waals surface area contributed by atoms with Crippen molar-refractivity contribution in [1.29, 1.82) is 0 Å². The fraction of sp³-hybridized carbons (Fsp3) is 0.500. The SMILES string of the molecule is CCc1ccc(Cc2cnc3c(n2)[C@]2(OC3)O[C@H](CO)C(O)[C@H](O)[C@H]2O)cc1. The molecule has 4 N–H and O–H groups in total. The van der Waals surface area contributed by atoms with Gasteiger partial charge in [-0.1, -0.05) is 31.2 Å². The summed E-state index contributed by atoms with van der Waals surface area (Å²) in [6.45, 7) is 1.61. The van der Waals surface area contributed by atoms with Crippen molar-refractivity contribution in [2.24, 2.45) is 0 Å². The zero-order chi connectivity index (χ0) is 19.9. The highest BCUT2D eigenvalue weighted by Crippen LogP contribution is 2.44. The third kappa shape index (κ3) is 3.12. The molecule has 5 atom stereocenters. The molecule has 1 aromatic carbocycles. The Balaban J connectivity index is 1.66. The summed E-state index contributed by atoms with van der Waals surface area (Å²) < 4.78 is 11.4. The normalized spacial score (nSPS) is 31.9. The number of aliphatic hydroxyl groups excluding tert-OH is 4. The number of aryl methyl sites for hydroxylation is 1. The number of benzene rings is 1. The molecule has 150 valence electrons. The summed E-state index contributed by atoms with van der Waals surface area (Å²) in [6.07, 6.45) is -2.52. The van der Waals surface area contributed by atoms with Crippen LogP contribution in [-0.4, -0.2) is 61.4 Å².